The third kappa shape index (κ3) is 1.13. The maximum Gasteiger partial charge on any atom is 0.131 e. The van der Waals surface area contributed by atoms with Crippen molar-refractivity contribution < 1.29 is 0 Å². The zero-order valence-electron chi connectivity index (χ0n) is 8.94. The molecule has 3 N–H and O–H groups in total. The lowest BCUT2D eigenvalue weighted by atomic mass is 10.1. The molecule has 0 atom stereocenters. The molecule has 0 aliphatic rings. The van der Waals surface area contributed by atoms with E-state index in [-0.39, 0.29) is 0 Å². The number of nitrogen functional groups attached to an aromatic ring is 1. The summed E-state index contributed by atoms with van der Waals surface area (Å²) in [6.45, 7) is 0. The van der Waals surface area contributed by atoms with Gasteiger partial charge in [-0.2, -0.15) is 0 Å². The summed E-state index contributed by atoms with van der Waals surface area (Å²) < 4.78 is 1.82. The highest BCUT2D eigenvalue weighted by Gasteiger charge is 2.11. The van der Waals surface area contributed by atoms with Gasteiger partial charge in [0.15, 0.2) is 0 Å². The van der Waals surface area contributed by atoms with E-state index in [9.17, 15) is 0 Å². The average Bonchev–Trinajstić information content (AvgIpc) is 2.85. The van der Waals surface area contributed by atoms with Crippen molar-refractivity contribution in [2.24, 2.45) is 7.05 Å². The lowest BCUT2D eigenvalue weighted by Crippen LogP contribution is -1.95. The van der Waals surface area contributed by atoms with Gasteiger partial charge >= 0.3 is 0 Å². The first-order valence-corrected chi connectivity index (χ1v) is 5.10. The van der Waals surface area contributed by atoms with Crippen molar-refractivity contribution in [2.45, 2.75) is 0 Å². The summed E-state index contributed by atoms with van der Waals surface area (Å²) in [5.74, 6) is 0.685. The van der Waals surface area contributed by atoms with Crippen LogP contribution >= 0.6 is 0 Å². The van der Waals surface area contributed by atoms with Crippen LogP contribution in [-0.4, -0.2) is 14.5 Å². The highest BCUT2D eigenvalue weighted by atomic mass is 15.1. The van der Waals surface area contributed by atoms with Crippen LogP contribution in [-0.2, 0) is 7.05 Å². The average molecular weight is 212 g/mol. The smallest absolute Gasteiger partial charge is 0.131 e. The van der Waals surface area contributed by atoms with E-state index < -0.39 is 0 Å². The van der Waals surface area contributed by atoms with Crippen LogP contribution in [0.5, 0.6) is 0 Å². The van der Waals surface area contributed by atoms with E-state index in [1.54, 1.807) is 6.33 Å². The van der Waals surface area contributed by atoms with Crippen LogP contribution in [0.4, 0.5) is 5.82 Å². The zero-order valence-corrected chi connectivity index (χ0v) is 8.94. The quantitative estimate of drug-likeness (QED) is 0.649. The number of benzene rings is 1. The van der Waals surface area contributed by atoms with Crippen molar-refractivity contribution in [3.05, 3.63) is 36.8 Å². The minimum Gasteiger partial charge on any atom is -0.383 e. The number of imidazole rings is 1. The summed E-state index contributed by atoms with van der Waals surface area (Å²) >= 11 is 0. The maximum absolute atomic E-state index is 5.97. The fraction of sp³-hybridized carbons (Fsp3) is 0.0833. The Morgan fingerprint density at radius 3 is 2.88 bits per heavy atom. The topological polar surface area (TPSA) is 59.6 Å². The highest BCUT2D eigenvalue weighted by molar-refractivity contribution is 5.96. The number of rotatable bonds is 1. The summed E-state index contributed by atoms with van der Waals surface area (Å²) in [5.41, 5.74) is 8.95. The predicted octanol–water partition coefficient (Wildman–Crippen LogP) is 2.15. The Kier molecular flexibility index (Phi) is 1.77. The zero-order chi connectivity index (χ0) is 11.1. The van der Waals surface area contributed by atoms with Gasteiger partial charge in [0.05, 0.1) is 6.33 Å². The van der Waals surface area contributed by atoms with Crippen LogP contribution in [0.25, 0.3) is 22.2 Å². The molecule has 0 bridgehead atoms. The molecule has 2 heterocycles. The lowest BCUT2D eigenvalue weighted by Gasteiger charge is -1.98. The first kappa shape index (κ1) is 9.03. The number of hydrogen-bond acceptors (Lipinski definition) is 2. The molecule has 0 aliphatic heterocycles. The Labute approximate surface area is 92.7 Å². The summed E-state index contributed by atoms with van der Waals surface area (Å²) in [4.78, 5) is 7.54. The monoisotopic (exact) mass is 212 g/mol. The molecule has 0 amide bonds. The molecule has 4 nitrogen and oxygen atoms in total. The summed E-state index contributed by atoms with van der Waals surface area (Å²) in [6, 6.07) is 8.12. The Morgan fingerprint density at radius 1 is 1.31 bits per heavy atom. The first-order valence-electron chi connectivity index (χ1n) is 5.10. The molecule has 0 saturated heterocycles. The third-order valence-corrected chi connectivity index (χ3v) is 2.83. The minimum atomic E-state index is 0.685. The number of nitrogens with zero attached hydrogens (tertiary/aromatic N) is 2. The fourth-order valence-corrected chi connectivity index (χ4v) is 1.91. The maximum atomic E-state index is 5.97. The van der Waals surface area contributed by atoms with E-state index in [0.717, 1.165) is 22.2 Å². The van der Waals surface area contributed by atoms with Gasteiger partial charge in [0.1, 0.15) is 11.5 Å². The second-order valence-corrected chi connectivity index (χ2v) is 3.84. The van der Waals surface area contributed by atoms with Crippen LogP contribution in [0.1, 0.15) is 0 Å². The fourth-order valence-electron chi connectivity index (χ4n) is 1.91. The molecule has 3 rings (SSSR count). The molecule has 2 aromatic heterocycles. The van der Waals surface area contributed by atoms with E-state index in [1.165, 1.54) is 0 Å². The second kappa shape index (κ2) is 3.13. The Hall–Kier alpha value is -2.23. The van der Waals surface area contributed by atoms with E-state index in [1.807, 2.05) is 36.0 Å². The Morgan fingerprint density at radius 2 is 2.12 bits per heavy atom. The molecule has 0 spiro atoms. The normalized spacial score (nSPS) is 11.1. The highest BCUT2D eigenvalue weighted by Crippen LogP contribution is 2.30. The standard InChI is InChI=1S/C12H12N4/c1-16-7-15-11(12(16)13)9-6-14-10-5-3-2-4-8(9)10/h2-7,14H,13H2,1H3. The van der Waals surface area contributed by atoms with Crippen LogP contribution in [0.15, 0.2) is 36.8 Å². The van der Waals surface area contributed by atoms with Gasteiger partial charge in [0, 0.05) is 29.7 Å². The number of fused-ring (bicyclic) bond motifs is 1. The summed E-state index contributed by atoms with van der Waals surface area (Å²) in [5, 5.41) is 1.15. The number of nitrogens with two attached hydrogens (primary N) is 1. The molecular formula is C12H12N4. The molecular weight excluding hydrogens is 200 g/mol. The van der Waals surface area contributed by atoms with Crippen LogP contribution in [0.3, 0.4) is 0 Å². The lowest BCUT2D eigenvalue weighted by molar-refractivity contribution is 0.925. The number of hydrogen-bond donors (Lipinski definition) is 2. The van der Waals surface area contributed by atoms with Crippen LogP contribution in [0.2, 0.25) is 0 Å². The van der Waals surface area contributed by atoms with Gasteiger partial charge in [0.2, 0.25) is 0 Å². The predicted molar refractivity (Wildman–Crippen MR) is 64.9 cm³/mol. The number of aromatic nitrogens is 3. The van der Waals surface area contributed by atoms with Crippen LogP contribution < -0.4 is 5.73 Å². The van der Waals surface area contributed by atoms with Crippen molar-refractivity contribution in [3.8, 4) is 11.3 Å². The van der Waals surface area contributed by atoms with Crippen molar-refractivity contribution in [1.29, 1.82) is 0 Å². The number of aryl methyl sites for hydroxylation is 1. The number of para-hydroxylation sites is 1. The number of anilines is 1. The molecule has 80 valence electrons. The number of H-pyrrole nitrogens is 1. The van der Waals surface area contributed by atoms with Crippen LogP contribution in [0, 0.1) is 0 Å². The van der Waals surface area contributed by atoms with Crippen molar-refractivity contribution in [3.63, 3.8) is 0 Å². The molecule has 0 aliphatic carbocycles. The first-order chi connectivity index (χ1) is 7.77. The van der Waals surface area contributed by atoms with Gasteiger partial charge in [-0.05, 0) is 6.07 Å². The Balaban J connectivity index is 2.30. The molecule has 4 heteroatoms. The molecule has 0 saturated carbocycles. The molecule has 3 aromatic rings. The summed E-state index contributed by atoms with van der Waals surface area (Å²) in [6.07, 6.45) is 3.68. The van der Waals surface area contributed by atoms with Gasteiger partial charge in [-0.25, -0.2) is 4.98 Å². The molecule has 0 unspecified atom stereocenters. The van der Waals surface area contributed by atoms with Gasteiger partial charge in [-0.15, -0.1) is 0 Å². The number of aromatic amines is 1. The molecule has 0 radical (unpaired) electrons. The second-order valence-electron chi connectivity index (χ2n) is 3.84. The molecule has 16 heavy (non-hydrogen) atoms. The molecule has 1 aromatic carbocycles. The van der Waals surface area contributed by atoms with E-state index >= 15 is 0 Å². The van der Waals surface area contributed by atoms with E-state index in [4.69, 9.17) is 5.73 Å². The summed E-state index contributed by atoms with van der Waals surface area (Å²) in [7, 11) is 1.89. The Bertz CT molecular complexity index is 648. The largest absolute Gasteiger partial charge is 0.383 e. The van der Waals surface area contributed by atoms with Gasteiger partial charge in [-0.1, -0.05) is 18.2 Å². The van der Waals surface area contributed by atoms with Crippen molar-refractivity contribution >= 4 is 16.7 Å². The van der Waals surface area contributed by atoms with Gasteiger partial charge in [-0.3, -0.25) is 0 Å². The SMILES string of the molecule is Cn1cnc(-c2c[nH]c3ccccc23)c1N. The minimum absolute atomic E-state index is 0.685. The van der Waals surface area contributed by atoms with E-state index in [2.05, 4.69) is 16.0 Å². The third-order valence-electron chi connectivity index (χ3n) is 2.83. The van der Waals surface area contributed by atoms with Gasteiger partial charge < -0.3 is 15.3 Å². The van der Waals surface area contributed by atoms with Crippen molar-refractivity contribution in [1.82, 2.24) is 14.5 Å². The van der Waals surface area contributed by atoms with E-state index in [0.29, 0.717) is 5.82 Å². The van der Waals surface area contributed by atoms with Gasteiger partial charge in [0.25, 0.3) is 0 Å². The van der Waals surface area contributed by atoms with Crippen molar-refractivity contribution in [2.75, 3.05) is 5.73 Å². The number of nitrogens with one attached hydrogen (secondary N) is 1. The molecule has 0 fully saturated rings.